The van der Waals surface area contributed by atoms with Gasteiger partial charge in [-0.15, -0.1) is 23.1 Å². The molecule has 0 bridgehead atoms. The normalized spacial score (nSPS) is 22.7. The summed E-state index contributed by atoms with van der Waals surface area (Å²) < 4.78 is 6.14. The van der Waals surface area contributed by atoms with Gasteiger partial charge in [0.1, 0.15) is 35.1 Å². The Kier molecular flexibility index (Phi) is 7.64. The zero-order valence-electron chi connectivity index (χ0n) is 25.7. The van der Waals surface area contributed by atoms with Crippen LogP contribution in [0, 0.1) is 22.7 Å². The molecular weight excluding hydrogens is 607 g/mol. The van der Waals surface area contributed by atoms with Crippen molar-refractivity contribution in [2.45, 2.75) is 48.4 Å². The highest BCUT2D eigenvalue weighted by atomic mass is 32.2. The molecule has 45 heavy (non-hydrogen) atoms. The average Bonchev–Trinajstić information content (AvgIpc) is 3.69. The molecule has 7 heterocycles. The number of hydrogen-bond donors (Lipinski definition) is 2. The first kappa shape index (κ1) is 29.9. The fourth-order valence-electron chi connectivity index (χ4n) is 7.34. The number of aromatic nitrogens is 3. The molecule has 3 aromatic rings. The molecule has 4 N–H and O–H groups in total. The minimum atomic E-state index is -0.253. The highest BCUT2D eigenvalue weighted by Crippen LogP contribution is 2.58. The highest BCUT2D eigenvalue weighted by molar-refractivity contribution is 8.00. The minimum absolute atomic E-state index is 0.218. The number of nitriles is 2. The van der Waals surface area contributed by atoms with E-state index < -0.39 is 0 Å². The van der Waals surface area contributed by atoms with Crippen molar-refractivity contribution in [2.75, 3.05) is 74.7 Å². The van der Waals surface area contributed by atoms with Crippen LogP contribution in [-0.2, 0) is 10.5 Å². The monoisotopic (exact) mass is 643 g/mol. The minimum Gasteiger partial charge on any atom is -0.462 e. The number of nitrogen functional groups attached to an aromatic ring is 2. The van der Waals surface area contributed by atoms with Gasteiger partial charge in [-0.2, -0.15) is 20.5 Å². The van der Waals surface area contributed by atoms with Crippen molar-refractivity contribution in [3.05, 3.63) is 45.5 Å². The fraction of sp³-hybridized carbons (Fsp3) is 0.516. The number of ether oxygens (including phenoxy) is 1. The van der Waals surface area contributed by atoms with E-state index in [9.17, 15) is 10.5 Å². The molecular formula is C31H37N11OS2. The number of rotatable bonds is 7. The number of fused-ring (bicyclic) bond motifs is 3. The van der Waals surface area contributed by atoms with Crippen molar-refractivity contribution in [3.63, 3.8) is 0 Å². The summed E-state index contributed by atoms with van der Waals surface area (Å²) in [4.78, 5) is 24.2. The summed E-state index contributed by atoms with van der Waals surface area (Å²) in [6, 6.07) is 9.43. The molecule has 7 rings (SSSR count). The highest BCUT2D eigenvalue weighted by Gasteiger charge is 2.53. The maximum Gasteiger partial charge on any atom is 0.320 e. The molecule has 3 fully saturated rings. The summed E-state index contributed by atoms with van der Waals surface area (Å²) >= 11 is 3.35. The number of hydrogen-bond acceptors (Lipinski definition) is 14. The van der Waals surface area contributed by atoms with Crippen molar-refractivity contribution in [3.8, 4) is 18.1 Å². The summed E-state index contributed by atoms with van der Waals surface area (Å²) in [7, 11) is 4.09. The van der Waals surface area contributed by atoms with Crippen LogP contribution in [0.15, 0.2) is 18.3 Å². The standard InChI is InChI=1S/C31H37N11OS2/c1-18(21-5-4-8-36-26(21)34)40(3)28-23(12-33)29(41-16-31(17-41)25-22(11-32)27(35)45-24(25)15-44-31)38-30(37-28)43-14-20-7-6-19-13-39(2)9-10-42(19)20/h4-5,8,18-20H,6-7,9-10,13-17,35H2,1-3H3,(H2,34,36)/t18-,19+,20+/m1/s1. The number of piperazine rings is 1. The van der Waals surface area contributed by atoms with Gasteiger partial charge in [-0.1, -0.05) is 6.07 Å². The number of thiophene rings is 1. The van der Waals surface area contributed by atoms with Gasteiger partial charge in [0.2, 0.25) is 0 Å². The van der Waals surface area contributed by atoms with Gasteiger partial charge >= 0.3 is 6.01 Å². The lowest BCUT2D eigenvalue weighted by Crippen LogP contribution is -2.57. The van der Waals surface area contributed by atoms with Gasteiger partial charge in [0, 0.05) is 79.8 Å². The molecule has 14 heteroatoms. The number of anilines is 4. The molecule has 1 spiro atoms. The topological polar surface area (TPSA) is 160 Å². The van der Waals surface area contributed by atoms with Crippen molar-refractivity contribution >= 4 is 45.6 Å². The number of pyridine rings is 1. The third kappa shape index (κ3) is 5.00. The Bertz CT molecular complexity index is 1710. The zero-order chi connectivity index (χ0) is 31.5. The van der Waals surface area contributed by atoms with Crippen LogP contribution in [0.1, 0.15) is 52.9 Å². The van der Waals surface area contributed by atoms with Crippen molar-refractivity contribution in [2.24, 2.45) is 0 Å². The van der Waals surface area contributed by atoms with E-state index in [2.05, 4.69) is 38.9 Å². The fourth-order valence-corrected chi connectivity index (χ4v) is 10.1. The molecule has 3 aromatic heterocycles. The first-order valence-electron chi connectivity index (χ1n) is 15.3. The van der Waals surface area contributed by atoms with Crippen LogP contribution >= 0.6 is 23.1 Å². The van der Waals surface area contributed by atoms with Gasteiger partial charge in [0.25, 0.3) is 0 Å². The van der Waals surface area contributed by atoms with Gasteiger partial charge in [0.15, 0.2) is 11.6 Å². The Labute approximate surface area is 271 Å². The molecule has 4 aliphatic heterocycles. The Morgan fingerprint density at radius 3 is 2.73 bits per heavy atom. The van der Waals surface area contributed by atoms with Crippen molar-refractivity contribution in [1.82, 2.24) is 24.8 Å². The van der Waals surface area contributed by atoms with Gasteiger partial charge in [-0.3, -0.25) is 4.90 Å². The summed E-state index contributed by atoms with van der Waals surface area (Å²) in [6.45, 7) is 6.89. The molecule has 234 valence electrons. The number of nitrogens with zero attached hydrogens (tertiary/aromatic N) is 9. The molecule has 3 atom stereocenters. The maximum atomic E-state index is 10.5. The van der Waals surface area contributed by atoms with E-state index in [1.54, 1.807) is 6.20 Å². The van der Waals surface area contributed by atoms with Crippen LogP contribution in [0.3, 0.4) is 0 Å². The summed E-state index contributed by atoms with van der Waals surface area (Å²) in [5, 5.41) is 21.0. The second kappa shape index (κ2) is 11.5. The number of thioether (sulfide) groups is 1. The van der Waals surface area contributed by atoms with Crippen LogP contribution in [-0.4, -0.2) is 90.3 Å². The molecule has 0 unspecified atom stereocenters. The van der Waals surface area contributed by atoms with Crippen LogP contribution in [0.2, 0.25) is 0 Å². The van der Waals surface area contributed by atoms with E-state index in [0.717, 1.165) is 49.4 Å². The SMILES string of the molecule is C[C@H](c1cccnc1N)N(C)c1nc(OC[C@@H]2CC[C@H]3CN(C)CCN23)nc(N2CC3(C2)SCc2sc(N)c(C#N)c23)c1C#N. The lowest BCUT2D eigenvalue weighted by Gasteiger charge is -2.48. The molecule has 0 aliphatic carbocycles. The van der Waals surface area contributed by atoms with Crippen LogP contribution in [0.4, 0.5) is 22.5 Å². The third-order valence-corrected chi connectivity index (χ3v) is 12.5. The predicted molar refractivity (Wildman–Crippen MR) is 177 cm³/mol. The zero-order valence-corrected chi connectivity index (χ0v) is 27.4. The van der Waals surface area contributed by atoms with Crippen molar-refractivity contribution in [1.29, 1.82) is 10.5 Å². The predicted octanol–water partition coefficient (Wildman–Crippen LogP) is 3.16. The first-order chi connectivity index (χ1) is 21.7. The molecule has 3 saturated heterocycles. The smallest absolute Gasteiger partial charge is 0.320 e. The van der Waals surface area contributed by atoms with Gasteiger partial charge < -0.3 is 30.9 Å². The Balaban J connectivity index is 1.21. The van der Waals surface area contributed by atoms with E-state index in [0.29, 0.717) is 65.4 Å². The quantitative estimate of drug-likeness (QED) is 0.387. The second-order valence-electron chi connectivity index (χ2n) is 12.5. The summed E-state index contributed by atoms with van der Waals surface area (Å²) in [6.07, 6.45) is 3.90. The Morgan fingerprint density at radius 2 is 1.98 bits per heavy atom. The summed E-state index contributed by atoms with van der Waals surface area (Å²) in [5.74, 6) is 2.29. The second-order valence-corrected chi connectivity index (χ2v) is 15.0. The van der Waals surface area contributed by atoms with E-state index >= 15 is 0 Å². The van der Waals surface area contributed by atoms with Crippen LogP contribution in [0.5, 0.6) is 6.01 Å². The van der Waals surface area contributed by atoms with E-state index in [1.807, 2.05) is 42.8 Å². The van der Waals surface area contributed by atoms with E-state index in [4.69, 9.17) is 26.2 Å². The van der Waals surface area contributed by atoms with Gasteiger partial charge in [-0.25, -0.2) is 4.98 Å². The molecule has 0 saturated carbocycles. The first-order valence-corrected chi connectivity index (χ1v) is 17.1. The van der Waals surface area contributed by atoms with E-state index in [-0.39, 0.29) is 16.8 Å². The van der Waals surface area contributed by atoms with Crippen LogP contribution < -0.4 is 26.0 Å². The lowest BCUT2D eigenvalue weighted by molar-refractivity contribution is 0.0716. The molecule has 0 aromatic carbocycles. The molecule has 0 amide bonds. The van der Waals surface area contributed by atoms with Gasteiger partial charge in [0.05, 0.1) is 16.4 Å². The maximum absolute atomic E-state index is 10.5. The van der Waals surface area contributed by atoms with Gasteiger partial charge in [-0.05, 0) is 32.9 Å². The van der Waals surface area contributed by atoms with Crippen molar-refractivity contribution < 1.29 is 4.74 Å². The lowest BCUT2D eigenvalue weighted by atomic mass is 9.88. The van der Waals surface area contributed by atoms with Crippen LogP contribution in [0.25, 0.3) is 0 Å². The number of nitrogens with two attached hydrogens (primary N) is 2. The average molecular weight is 644 g/mol. The molecule has 0 radical (unpaired) electrons. The molecule has 4 aliphatic rings. The molecule has 12 nitrogen and oxygen atoms in total. The Hall–Kier alpha value is -3.82. The number of likely N-dealkylation sites (N-methyl/N-ethyl adjacent to an activating group) is 1. The van der Waals surface area contributed by atoms with E-state index in [1.165, 1.54) is 16.2 Å². The summed E-state index contributed by atoms with van der Waals surface area (Å²) in [5.41, 5.74) is 15.3. The Morgan fingerprint density at radius 1 is 1.18 bits per heavy atom. The largest absolute Gasteiger partial charge is 0.462 e. The third-order valence-electron chi connectivity index (χ3n) is 9.88.